The monoisotopic (exact) mass is 438 g/mol. The molecule has 0 heterocycles. The molecule has 0 radical (unpaired) electrons. The lowest BCUT2D eigenvalue weighted by atomic mass is 9.92. The van der Waals surface area contributed by atoms with Gasteiger partial charge in [0.05, 0.1) is 0 Å². The van der Waals surface area contributed by atoms with Gasteiger partial charge in [-0.25, -0.2) is 0 Å². The van der Waals surface area contributed by atoms with Gasteiger partial charge in [0.25, 0.3) is 0 Å². The number of rotatable bonds is 15. The van der Waals surface area contributed by atoms with Gasteiger partial charge >= 0.3 is 0 Å². The summed E-state index contributed by atoms with van der Waals surface area (Å²) in [5, 5.41) is 21.6. The molecule has 0 spiro atoms. The lowest BCUT2D eigenvalue weighted by Gasteiger charge is -2.15. The fourth-order valence-corrected chi connectivity index (χ4v) is 4.47. The van der Waals surface area contributed by atoms with E-state index in [2.05, 4.69) is 52.0 Å². The Labute approximate surface area is 197 Å². The van der Waals surface area contributed by atoms with E-state index in [9.17, 15) is 10.2 Å². The molecule has 2 rings (SSSR count). The second-order valence-electron chi connectivity index (χ2n) is 9.44. The van der Waals surface area contributed by atoms with Crippen LogP contribution in [0.3, 0.4) is 0 Å². The van der Waals surface area contributed by atoms with Gasteiger partial charge in [-0.15, -0.1) is 0 Å². The number of aromatic hydroxyl groups is 2. The lowest BCUT2D eigenvalue weighted by molar-refractivity contribution is 0.457. The molecule has 0 saturated heterocycles. The summed E-state index contributed by atoms with van der Waals surface area (Å²) in [6.45, 7) is 8.82. The summed E-state index contributed by atoms with van der Waals surface area (Å²) in [6, 6.07) is 8.93. The number of aryl methyl sites for hydroxylation is 6. The molecule has 2 nitrogen and oxygen atoms in total. The van der Waals surface area contributed by atoms with Gasteiger partial charge in [-0.05, 0) is 97.6 Å². The second-order valence-corrected chi connectivity index (χ2v) is 9.44. The molecule has 2 heteroatoms. The maximum atomic E-state index is 10.8. The molecule has 0 aliphatic heterocycles. The summed E-state index contributed by atoms with van der Waals surface area (Å²) in [7, 11) is 0. The zero-order chi connectivity index (χ0) is 23.3. The molecule has 0 aliphatic rings. The first kappa shape index (κ1) is 26.3. The highest BCUT2D eigenvalue weighted by atomic mass is 16.3. The van der Waals surface area contributed by atoms with Gasteiger partial charge in [0.15, 0.2) is 0 Å². The molecule has 2 aromatic carbocycles. The Balaban J connectivity index is 2.26. The van der Waals surface area contributed by atoms with Crippen LogP contribution >= 0.6 is 0 Å². The third-order valence-corrected chi connectivity index (χ3v) is 6.56. The van der Waals surface area contributed by atoms with Crippen LogP contribution < -0.4 is 0 Å². The van der Waals surface area contributed by atoms with E-state index in [0.29, 0.717) is 11.5 Å². The van der Waals surface area contributed by atoms with Crippen LogP contribution in [-0.4, -0.2) is 10.2 Å². The topological polar surface area (TPSA) is 40.5 Å². The molecule has 32 heavy (non-hydrogen) atoms. The van der Waals surface area contributed by atoms with E-state index in [4.69, 9.17) is 0 Å². The molecule has 0 saturated carbocycles. The molecule has 0 aromatic heterocycles. The number of hydrogen-bond donors (Lipinski definition) is 2. The number of hydrogen-bond acceptors (Lipinski definition) is 2. The summed E-state index contributed by atoms with van der Waals surface area (Å²) in [5.74, 6) is 1.06. The minimum absolute atomic E-state index is 0.531. The second kappa shape index (κ2) is 14.2. The number of benzene rings is 2. The van der Waals surface area contributed by atoms with Crippen molar-refractivity contribution in [3.8, 4) is 11.5 Å². The molecule has 0 aliphatic carbocycles. The third-order valence-electron chi connectivity index (χ3n) is 6.56. The Morgan fingerprint density at radius 2 is 0.688 bits per heavy atom. The van der Waals surface area contributed by atoms with E-state index >= 15 is 0 Å². The standard InChI is InChI=1S/C30H46O2/c1-5-9-13-25-19-23(20-26(29(25)31)14-10-6-2)17-18-24-21-27(15-11-7-3)30(32)28(22-24)16-12-8-4/h19-22,31-32H,5-18H2,1-4H3. The van der Waals surface area contributed by atoms with Crippen LogP contribution in [0.1, 0.15) is 112 Å². The van der Waals surface area contributed by atoms with Gasteiger partial charge in [-0.2, -0.15) is 0 Å². The first-order valence-corrected chi connectivity index (χ1v) is 13.2. The van der Waals surface area contributed by atoms with Crippen LogP contribution in [0, 0.1) is 0 Å². The number of phenols is 2. The van der Waals surface area contributed by atoms with Gasteiger partial charge in [0.2, 0.25) is 0 Å². The number of phenolic OH excluding ortho intramolecular Hbond substituents is 2. The molecule has 2 N–H and O–H groups in total. The van der Waals surface area contributed by atoms with Crippen LogP contribution in [0.5, 0.6) is 11.5 Å². The van der Waals surface area contributed by atoms with E-state index in [1.54, 1.807) is 0 Å². The van der Waals surface area contributed by atoms with Crippen molar-refractivity contribution in [2.75, 3.05) is 0 Å². The van der Waals surface area contributed by atoms with Crippen LogP contribution in [-0.2, 0) is 38.5 Å². The molecule has 0 bridgehead atoms. The van der Waals surface area contributed by atoms with Crippen molar-refractivity contribution in [1.82, 2.24) is 0 Å². The Morgan fingerprint density at radius 3 is 0.906 bits per heavy atom. The van der Waals surface area contributed by atoms with E-state index in [1.807, 2.05) is 0 Å². The summed E-state index contributed by atoms with van der Waals surface area (Å²) < 4.78 is 0. The average Bonchev–Trinajstić information content (AvgIpc) is 2.80. The zero-order valence-corrected chi connectivity index (χ0v) is 21.1. The summed E-state index contributed by atoms with van der Waals surface area (Å²) >= 11 is 0. The Kier molecular flexibility index (Phi) is 11.7. The lowest BCUT2D eigenvalue weighted by Crippen LogP contribution is -2.01. The molecule has 0 unspecified atom stereocenters. The Morgan fingerprint density at radius 1 is 0.438 bits per heavy atom. The molecule has 0 amide bonds. The van der Waals surface area contributed by atoms with Gasteiger partial charge < -0.3 is 10.2 Å². The largest absolute Gasteiger partial charge is 0.507 e. The van der Waals surface area contributed by atoms with Gasteiger partial charge in [0.1, 0.15) is 11.5 Å². The van der Waals surface area contributed by atoms with Crippen molar-refractivity contribution >= 4 is 0 Å². The Hall–Kier alpha value is -1.96. The quantitative estimate of drug-likeness (QED) is 0.294. The third kappa shape index (κ3) is 7.87. The van der Waals surface area contributed by atoms with E-state index in [0.717, 1.165) is 112 Å². The minimum atomic E-state index is 0.531. The van der Waals surface area contributed by atoms with Crippen LogP contribution in [0.2, 0.25) is 0 Å². The van der Waals surface area contributed by atoms with Crippen molar-refractivity contribution in [3.63, 3.8) is 0 Å². The molecular formula is C30H46O2. The molecular weight excluding hydrogens is 392 g/mol. The van der Waals surface area contributed by atoms with Crippen molar-refractivity contribution < 1.29 is 10.2 Å². The summed E-state index contributed by atoms with van der Waals surface area (Å²) in [6.07, 6.45) is 14.8. The predicted molar refractivity (Wildman–Crippen MR) is 138 cm³/mol. The minimum Gasteiger partial charge on any atom is -0.507 e. The highest BCUT2D eigenvalue weighted by molar-refractivity contribution is 5.46. The van der Waals surface area contributed by atoms with Gasteiger partial charge in [0, 0.05) is 0 Å². The molecule has 0 atom stereocenters. The van der Waals surface area contributed by atoms with Crippen LogP contribution in [0.25, 0.3) is 0 Å². The average molecular weight is 439 g/mol. The zero-order valence-electron chi connectivity index (χ0n) is 21.1. The normalized spacial score (nSPS) is 11.2. The van der Waals surface area contributed by atoms with Crippen LogP contribution in [0.15, 0.2) is 24.3 Å². The first-order chi connectivity index (χ1) is 15.5. The van der Waals surface area contributed by atoms with E-state index < -0.39 is 0 Å². The molecule has 2 aromatic rings. The van der Waals surface area contributed by atoms with Gasteiger partial charge in [-0.1, -0.05) is 77.6 Å². The maximum Gasteiger partial charge on any atom is 0.121 e. The number of unbranched alkanes of at least 4 members (excludes halogenated alkanes) is 4. The first-order valence-electron chi connectivity index (χ1n) is 13.2. The fourth-order valence-electron chi connectivity index (χ4n) is 4.47. The molecule has 178 valence electrons. The van der Waals surface area contributed by atoms with Crippen molar-refractivity contribution in [1.29, 1.82) is 0 Å². The fraction of sp³-hybridized carbons (Fsp3) is 0.600. The van der Waals surface area contributed by atoms with E-state index in [-0.39, 0.29) is 0 Å². The van der Waals surface area contributed by atoms with E-state index in [1.165, 1.54) is 11.1 Å². The van der Waals surface area contributed by atoms with Crippen molar-refractivity contribution in [2.24, 2.45) is 0 Å². The highest BCUT2D eigenvalue weighted by Gasteiger charge is 2.13. The summed E-state index contributed by atoms with van der Waals surface area (Å²) in [4.78, 5) is 0. The maximum absolute atomic E-state index is 10.8. The summed E-state index contributed by atoms with van der Waals surface area (Å²) in [5.41, 5.74) is 7.14. The van der Waals surface area contributed by atoms with Crippen LogP contribution in [0.4, 0.5) is 0 Å². The van der Waals surface area contributed by atoms with Crippen molar-refractivity contribution in [3.05, 3.63) is 57.6 Å². The van der Waals surface area contributed by atoms with Crippen molar-refractivity contribution in [2.45, 2.75) is 118 Å². The molecule has 0 fully saturated rings. The highest BCUT2D eigenvalue weighted by Crippen LogP contribution is 2.31. The predicted octanol–water partition coefficient (Wildman–Crippen LogP) is 8.25. The Bertz CT molecular complexity index is 694. The smallest absolute Gasteiger partial charge is 0.121 e. The SMILES string of the molecule is CCCCc1cc(CCc2cc(CCCC)c(O)c(CCCC)c2)cc(CCCC)c1O. The van der Waals surface area contributed by atoms with Gasteiger partial charge in [-0.3, -0.25) is 0 Å².